The topological polar surface area (TPSA) is 61.4 Å². The quantitative estimate of drug-likeness (QED) is 0.833. The summed E-state index contributed by atoms with van der Waals surface area (Å²) in [5, 5.41) is 3.32. The number of hydrogen-bond acceptors (Lipinski definition) is 3. The molecule has 0 aromatic heterocycles. The van der Waals surface area contributed by atoms with Crippen molar-refractivity contribution in [1.29, 1.82) is 0 Å². The minimum Gasteiger partial charge on any atom is -0.383 e. The Morgan fingerprint density at radius 1 is 1.17 bits per heavy atom. The molecule has 0 aliphatic heterocycles. The van der Waals surface area contributed by atoms with Gasteiger partial charge in [0.1, 0.15) is 0 Å². The molecule has 1 unspecified atom stereocenters. The second-order valence-electron chi connectivity index (χ2n) is 4.42. The lowest BCUT2D eigenvalue weighted by atomic mass is 10.2. The Kier molecular flexibility index (Phi) is 4.98. The third-order valence-corrected chi connectivity index (χ3v) is 4.09. The zero-order valence-corrected chi connectivity index (χ0v) is 12.1. The van der Waals surface area contributed by atoms with Gasteiger partial charge in [-0.25, -0.2) is 0 Å². The van der Waals surface area contributed by atoms with Crippen molar-refractivity contribution in [3.8, 4) is 0 Å². The van der Waals surface area contributed by atoms with Gasteiger partial charge in [-0.3, -0.25) is 4.72 Å². The van der Waals surface area contributed by atoms with Crippen LogP contribution in [0.4, 0.5) is 11.4 Å². The Bertz CT molecular complexity index is 469. The highest BCUT2D eigenvalue weighted by Crippen LogP contribution is 2.16. The molecule has 5 nitrogen and oxygen atoms in total. The third kappa shape index (κ3) is 4.19. The van der Waals surface area contributed by atoms with Crippen LogP contribution in [0.15, 0.2) is 24.3 Å². The fraction of sp³-hybridized carbons (Fsp3) is 0.500. The molecule has 0 fully saturated rings. The molecule has 0 heterocycles. The molecule has 6 heteroatoms. The fourth-order valence-electron chi connectivity index (χ4n) is 1.26. The first-order valence-corrected chi connectivity index (χ1v) is 7.36. The van der Waals surface area contributed by atoms with Crippen LogP contribution in [-0.4, -0.2) is 32.9 Å². The van der Waals surface area contributed by atoms with Gasteiger partial charge in [0.05, 0.1) is 0 Å². The molecule has 0 amide bonds. The minimum atomic E-state index is -3.43. The van der Waals surface area contributed by atoms with E-state index in [0.717, 1.165) is 16.4 Å². The van der Waals surface area contributed by atoms with E-state index >= 15 is 0 Å². The molecule has 0 radical (unpaired) electrons. The van der Waals surface area contributed by atoms with Crippen LogP contribution in [-0.2, 0) is 10.2 Å². The van der Waals surface area contributed by atoms with Crippen LogP contribution in [0.3, 0.4) is 0 Å². The lowest BCUT2D eigenvalue weighted by Crippen LogP contribution is -2.28. The van der Waals surface area contributed by atoms with Crippen LogP contribution in [0.2, 0.25) is 0 Å². The van der Waals surface area contributed by atoms with Gasteiger partial charge in [-0.1, -0.05) is 6.92 Å². The monoisotopic (exact) mass is 271 g/mol. The van der Waals surface area contributed by atoms with E-state index in [1.54, 1.807) is 12.1 Å². The first-order chi connectivity index (χ1) is 8.35. The molecular formula is C12H21N3O2S. The summed E-state index contributed by atoms with van der Waals surface area (Å²) < 4.78 is 26.8. The molecule has 1 aromatic rings. The molecular weight excluding hydrogens is 250 g/mol. The number of rotatable bonds is 6. The lowest BCUT2D eigenvalue weighted by Gasteiger charge is -2.15. The van der Waals surface area contributed by atoms with Crippen LogP contribution in [0.1, 0.15) is 20.3 Å². The Labute approximate surface area is 109 Å². The molecule has 0 aliphatic carbocycles. The van der Waals surface area contributed by atoms with Crippen molar-refractivity contribution in [2.45, 2.75) is 26.3 Å². The summed E-state index contributed by atoms with van der Waals surface area (Å²) >= 11 is 0. The number of hydrogen-bond donors (Lipinski definition) is 2. The predicted molar refractivity (Wildman–Crippen MR) is 76.0 cm³/mol. The van der Waals surface area contributed by atoms with Gasteiger partial charge in [-0.15, -0.1) is 0 Å². The molecule has 18 heavy (non-hydrogen) atoms. The Morgan fingerprint density at radius 3 is 2.11 bits per heavy atom. The largest absolute Gasteiger partial charge is 0.383 e. The summed E-state index contributed by atoms with van der Waals surface area (Å²) in [4.78, 5) is 0. The van der Waals surface area contributed by atoms with Crippen LogP contribution < -0.4 is 10.0 Å². The number of benzene rings is 1. The summed E-state index contributed by atoms with van der Waals surface area (Å²) in [5.74, 6) is 0. The van der Waals surface area contributed by atoms with Gasteiger partial charge in [-0.05, 0) is 37.6 Å². The maximum absolute atomic E-state index is 11.6. The minimum absolute atomic E-state index is 0.398. The molecule has 0 saturated carbocycles. The first kappa shape index (κ1) is 14.8. The van der Waals surface area contributed by atoms with E-state index in [0.29, 0.717) is 11.7 Å². The second-order valence-corrected chi connectivity index (χ2v) is 6.31. The van der Waals surface area contributed by atoms with Crippen molar-refractivity contribution in [2.75, 3.05) is 24.1 Å². The van der Waals surface area contributed by atoms with Crippen molar-refractivity contribution in [2.24, 2.45) is 0 Å². The van der Waals surface area contributed by atoms with Gasteiger partial charge in [0.15, 0.2) is 0 Å². The van der Waals surface area contributed by atoms with E-state index in [1.165, 1.54) is 14.1 Å². The first-order valence-electron chi connectivity index (χ1n) is 5.92. The zero-order chi connectivity index (χ0) is 13.8. The third-order valence-electron chi connectivity index (χ3n) is 2.64. The highest BCUT2D eigenvalue weighted by Gasteiger charge is 2.12. The molecule has 0 saturated heterocycles. The van der Waals surface area contributed by atoms with Crippen LogP contribution >= 0.6 is 0 Å². The van der Waals surface area contributed by atoms with E-state index in [2.05, 4.69) is 23.9 Å². The molecule has 1 rings (SSSR count). The predicted octanol–water partition coefficient (Wildman–Crippen LogP) is 2.12. The van der Waals surface area contributed by atoms with E-state index in [1.807, 2.05) is 12.1 Å². The number of anilines is 2. The summed E-state index contributed by atoms with van der Waals surface area (Å²) in [7, 11) is -0.454. The van der Waals surface area contributed by atoms with Crippen LogP contribution in [0, 0.1) is 0 Å². The standard InChI is InChI=1S/C12H21N3O2S/c1-5-10(2)13-11-6-8-12(9-7-11)14-18(16,17)15(3)4/h6-10,13-14H,5H2,1-4H3. The molecule has 0 spiro atoms. The molecule has 2 N–H and O–H groups in total. The van der Waals surface area contributed by atoms with E-state index in [-0.39, 0.29) is 0 Å². The summed E-state index contributed by atoms with van der Waals surface area (Å²) in [6, 6.07) is 7.60. The molecule has 102 valence electrons. The van der Waals surface area contributed by atoms with E-state index in [4.69, 9.17) is 0 Å². The zero-order valence-electron chi connectivity index (χ0n) is 11.3. The summed E-state index contributed by atoms with van der Waals surface area (Å²) in [6.07, 6.45) is 1.04. The SMILES string of the molecule is CCC(C)Nc1ccc(NS(=O)(=O)N(C)C)cc1. The Balaban J connectivity index is 2.72. The van der Waals surface area contributed by atoms with Gasteiger partial charge in [-0.2, -0.15) is 12.7 Å². The van der Waals surface area contributed by atoms with Crippen molar-refractivity contribution in [3.05, 3.63) is 24.3 Å². The van der Waals surface area contributed by atoms with Gasteiger partial charge in [0, 0.05) is 31.5 Å². The molecule has 1 atom stereocenters. The van der Waals surface area contributed by atoms with Gasteiger partial charge >= 0.3 is 10.2 Å². The summed E-state index contributed by atoms with van der Waals surface area (Å²) in [5.41, 5.74) is 1.54. The van der Waals surface area contributed by atoms with Gasteiger partial charge < -0.3 is 5.32 Å². The highest BCUT2D eigenvalue weighted by atomic mass is 32.2. The van der Waals surface area contributed by atoms with Gasteiger partial charge in [0.2, 0.25) is 0 Å². The maximum Gasteiger partial charge on any atom is 0.301 e. The van der Waals surface area contributed by atoms with Crippen molar-refractivity contribution in [3.63, 3.8) is 0 Å². The normalized spacial score (nSPS) is 13.4. The average molecular weight is 271 g/mol. The second kappa shape index (κ2) is 6.06. The maximum atomic E-state index is 11.6. The lowest BCUT2D eigenvalue weighted by molar-refractivity contribution is 0.527. The van der Waals surface area contributed by atoms with Gasteiger partial charge in [0.25, 0.3) is 0 Å². The Hall–Kier alpha value is -1.27. The number of nitrogens with zero attached hydrogens (tertiary/aromatic N) is 1. The molecule has 0 bridgehead atoms. The van der Waals surface area contributed by atoms with Crippen molar-refractivity contribution < 1.29 is 8.42 Å². The van der Waals surface area contributed by atoms with Crippen LogP contribution in [0.25, 0.3) is 0 Å². The average Bonchev–Trinajstić information content (AvgIpc) is 2.31. The fourth-order valence-corrected chi connectivity index (χ4v) is 1.88. The van der Waals surface area contributed by atoms with E-state index < -0.39 is 10.2 Å². The summed E-state index contributed by atoms with van der Waals surface area (Å²) in [6.45, 7) is 4.21. The number of nitrogens with one attached hydrogen (secondary N) is 2. The smallest absolute Gasteiger partial charge is 0.301 e. The van der Waals surface area contributed by atoms with Crippen molar-refractivity contribution in [1.82, 2.24) is 4.31 Å². The van der Waals surface area contributed by atoms with Crippen LogP contribution in [0.5, 0.6) is 0 Å². The van der Waals surface area contributed by atoms with Crippen molar-refractivity contribution >= 4 is 21.6 Å². The highest BCUT2D eigenvalue weighted by molar-refractivity contribution is 7.90. The molecule has 0 aliphatic rings. The van der Waals surface area contributed by atoms with E-state index in [9.17, 15) is 8.42 Å². The molecule has 1 aromatic carbocycles. The Morgan fingerprint density at radius 2 is 1.67 bits per heavy atom.